The van der Waals surface area contributed by atoms with Crippen molar-refractivity contribution < 1.29 is 28.6 Å². The van der Waals surface area contributed by atoms with E-state index < -0.39 is 6.10 Å². The van der Waals surface area contributed by atoms with E-state index in [1.54, 1.807) is 0 Å². The molecule has 0 N–H and O–H groups in total. The summed E-state index contributed by atoms with van der Waals surface area (Å²) in [6.07, 6.45) is 36.6. The first-order valence-electron chi connectivity index (χ1n) is 22.7. The van der Waals surface area contributed by atoms with E-state index in [-0.39, 0.29) is 31.1 Å². The largest absolute Gasteiger partial charge is 0.462 e. The Hall–Kier alpha value is -1.59. The molecule has 0 aliphatic rings. The number of hydrogen-bond acceptors (Lipinski definition) is 6. The van der Waals surface area contributed by atoms with Gasteiger partial charge >= 0.3 is 17.9 Å². The van der Waals surface area contributed by atoms with Gasteiger partial charge in [0, 0.05) is 19.3 Å². The molecule has 6 heteroatoms. The standard InChI is InChI=1S/C46H88O6/c1-6-7-8-9-10-11-12-15-21-26-31-36-44(47)50-39-43(52-46(49)38-33-28-23-18-17-20-25-30-35-42(4)5)40-51-45(48)37-32-27-22-16-13-14-19-24-29-34-41(2)3/h41-43H,6-40H2,1-5H3/t43-/m0/s1. The molecule has 0 rings (SSSR count). The number of unbranched alkanes of at least 4 members (excludes halogenated alkanes) is 25. The summed E-state index contributed by atoms with van der Waals surface area (Å²) in [5, 5.41) is 0. The maximum absolute atomic E-state index is 12.7. The molecule has 0 fully saturated rings. The van der Waals surface area contributed by atoms with Crippen molar-refractivity contribution >= 4 is 17.9 Å². The van der Waals surface area contributed by atoms with Gasteiger partial charge in [-0.1, -0.05) is 208 Å². The lowest BCUT2D eigenvalue weighted by Crippen LogP contribution is -2.30. The first-order chi connectivity index (χ1) is 25.2. The molecule has 0 heterocycles. The summed E-state index contributed by atoms with van der Waals surface area (Å²) in [4.78, 5) is 37.7. The van der Waals surface area contributed by atoms with Crippen LogP contribution >= 0.6 is 0 Å². The molecule has 0 amide bonds. The Morgan fingerprint density at radius 2 is 0.635 bits per heavy atom. The topological polar surface area (TPSA) is 78.9 Å². The minimum atomic E-state index is -0.760. The van der Waals surface area contributed by atoms with Crippen LogP contribution in [0.5, 0.6) is 0 Å². The minimum Gasteiger partial charge on any atom is -0.462 e. The third-order valence-electron chi connectivity index (χ3n) is 10.2. The molecule has 1 atom stereocenters. The molecule has 0 aromatic rings. The summed E-state index contributed by atoms with van der Waals surface area (Å²) >= 11 is 0. The second-order valence-electron chi connectivity index (χ2n) is 16.6. The number of carbonyl (C=O) groups is 3. The zero-order valence-corrected chi connectivity index (χ0v) is 35.4. The molecule has 0 unspecified atom stereocenters. The van der Waals surface area contributed by atoms with Crippen molar-refractivity contribution in [3.63, 3.8) is 0 Å². The van der Waals surface area contributed by atoms with Gasteiger partial charge in [0.1, 0.15) is 13.2 Å². The van der Waals surface area contributed by atoms with Crippen molar-refractivity contribution in [3.8, 4) is 0 Å². The van der Waals surface area contributed by atoms with Gasteiger partial charge in [-0.3, -0.25) is 14.4 Å². The smallest absolute Gasteiger partial charge is 0.306 e. The Morgan fingerprint density at radius 3 is 0.942 bits per heavy atom. The molecule has 52 heavy (non-hydrogen) atoms. The Kier molecular flexibility index (Phi) is 37.9. The predicted molar refractivity (Wildman–Crippen MR) is 220 cm³/mol. The Bertz CT molecular complexity index is 794. The SMILES string of the molecule is CCCCCCCCCCCCCC(=O)OC[C@@H](COC(=O)CCCCCCCCCCCC(C)C)OC(=O)CCCCCCCCCCC(C)C. The average molecular weight is 737 g/mol. The number of carbonyl (C=O) groups excluding carboxylic acids is 3. The van der Waals surface area contributed by atoms with Crippen LogP contribution in [0.2, 0.25) is 0 Å². The van der Waals surface area contributed by atoms with Crippen LogP contribution in [-0.2, 0) is 28.6 Å². The lowest BCUT2D eigenvalue weighted by atomic mass is 10.0. The van der Waals surface area contributed by atoms with E-state index in [1.165, 1.54) is 135 Å². The minimum absolute atomic E-state index is 0.0653. The fourth-order valence-corrected chi connectivity index (χ4v) is 6.75. The lowest BCUT2D eigenvalue weighted by Gasteiger charge is -2.18. The van der Waals surface area contributed by atoms with Gasteiger partial charge in [0.05, 0.1) is 0 Å². The summed E-state index contributed by atoms with van der Waals surface area (Å²) in [7, 11) is 0. The van der Waals surface area contributed by atoms with Gasteiger partial charge in [0.2, 0.25) is 0 Å². The van der Waals surface area contributed by atoms with Gasteiger partial charge in [-0.2, -0.15) is 0 Å². The van der Waals surface area contributed by atoms with Crippen LogP contribution in [0.4, 0.5) is 0 Å². The molecule has 0 saturated heterocycles. The zero-order valence-electron chi connectivity index (χ0n) is 35.4. The van der Waals surface area contributed by atoms with Crippen LogP contribution in [0.3, 0.4) is 0 Å². The highest BCUT2D eigenvalue weighted by atomic mass is 16.6. The van der Waals surface area contributed by atoms with Crippen LogP contribution in [0.1, 0.15) is 247 Å². The monoisotopic (exact) mass is 737 g/mol. The average Bonchev–Trinajstić information content (AvgIpc) is 3.11. The molecule has 6 nitrogen and oxygen atoms in total. The zero-order chi connectivity index (χ0) is 38.3. The van der Waals surface area contributed by atoms with Crippen molar-refractivity contribution in [3.05, 3.63) is 0 Å². The van der Waals surface area contributed by atoms with E-state index in [9.17, 15) is 14.4 Å². The first-order valence-corrected chi connectivity index (χ1v) is 22.7. The second-order valence-corrected chi connectivity index (χ2v) is 16.6. The highest BCUT2D eigenvalue weighted by Gasteiger charge is 2.19. The van der Waals surface area contributed by atoms with Crippen molar-refractivity contribution in [1.29, 1.82) is 0 Å². The fraction of sp³-hybridized carbons (Fsp3) is 0.935. The molecule has 0 aromatic heterocycles. The van der Waals surface area contributed by atoms with Gasteiger partial charge in [-0.15, -0.1) is 0 Å². The van der Waals surface area contributed by atoms with E-state index in [0.717, 1.165) is 69.6 Å². The van der Waals surface area contributed by atoms with Crippen LogP contribution in [0, 0.1) is 11.8 Å². The molecule has 0 aliphatic heterocycles. The van der Waals surface area contributed by atoms with Crippen molar-refractivity contribution in [2.45, 2.75) is 253 Å². The normalized spacial score (nSPS) is 12.1. The maximum atomic E-state index is 12.7. The molecule has 0 aliphatic carbocycles. The number of ether oxygens (including phenoxy) is 3. The molecular formula is C46H88O6. The summed E-state index contributed by atoms with van der Waals surface area (Å²) in [6.45, 7) is 11.3. The number of rotatable bonds is 40. The van der Waals surface area contributed by atoms with Gasteiger partial charge < -0.3 is 14.2 Å². The van der Waals surface area contributed by atoms with Crippen LogP contribution in [-0.4, -0.2) is 37.2 Å². The summed E-state index contributed by atoms with van der Waals surface area (Å²) in [5.41, 5.74) is 0. The quantitative estimate of drug-likeness (QED) is 0.0354. The fourth-order valence-electron chi connectivity index (χ4n) is 6.75. The summed E-state index contributed by atoms with van der Waals surface area (Å²) in [5.74, 6) is 0.741. The summed E-state index contributed by atoms with van der Waals surface area (Å²) < 4.78 is 16.7. The van der Waals surface area contributed by atoms with Gasteiger partial charge in [0.15, 0.2) is 6.10 Å². The molecular weight excluding hydrogens is 648 g/mol. The van der Waals surface area contributed by atoms with Gasteiger partial charge in [0.25, 0.3) is 0 Å². The van der Waals surface area contributed by atoms with Gasteiger partial charge in [-0.25, -0.2) is 0 Å². The highest BCUT2D eigenvalue weighted by Crippen LogP contribution is 2.16. The van der Waals surface area contributed by atoms with E-state index in [1.807, 2.05) is 0 Å². The number of esters is 3. The van der Waals surface area contributed by atoms with Gasteiger partial charge in [-0.05, 0) is 31.1 Å². The Balaban J connectivity index is 4.34. The molecule has 0 saturated carbocycles. The van der Waals surface area contributed by atoms with Crippen molar-refractivity contribution in [1.82, 2.24) is 0 Å². The van der Waals surface area contributed by atoms with E-state index in [4.69, 9.17) is 14.2 Å². The molecule has 0 bridgehead atoms. The third kappa shape index (κ3) is 39.6. The van der Waals surface area contributed by atoms with E-state index in [0.29, 0.717) is 19.3 Å². The Morgan fingerprint density at radius 1 is 0.365 bits per heavy atom. The van der Waals surface area contributed by atoms with Crippen LogP contribution in [0.15, 0.2) is 0 Å². The number of hydrogen-bond donors (Lipinski definition) is 0. The van der Waals surface area contributed by atoms with E-state index >= 15 is 0 Å². The highest BCUT2D eigenvalue weighted by molar-refractivity contribution is 5.71. The second kappa shape index (κ2) is 39.1. The van der Waals surface area contributed by atoms with Crippen molar-refractivity contribution in [2.24, 2.45) is 11.8 Å². The molecule has 0 radical (unpaired) electrons. The molecule has 308 valence electrons. The van der Waals surface area contributed by atoms with Crippen molar-refractivity contribution in [2.75, 3.05) is 13.2 Å². The predicted octanol–water partition coefficient (Wildman–Crippen LogP) is 14.2. The van der Waals surface area contributed by atoms with E-state index in [2.05, 4.69) is 34.6 Å². The first kappa shape index (κ1) is 50.4. The lowest BCUT2D eigenvalue weighted by molar-refractivity contribution is -0.167. The maximum Gasteiger partial charge on any atom is 0.306 e. The molecule has 0 aromatic carbocycles. The Labute approximate surface area is 323 Å². The third-order valence-corrected chi connectivity index (χ3v) is 10.2. The van der Waals surface area contributed by atoms with Crippen LogP contribution in [0.25, 0.3) is 0 Å². The molecule has 0 spiro atoms. The van der Waals surface area contributed by atoms with Crippen LogP contribution < -0.4 is 0 Å². The summed E-state index contributed by atoms with van der Waals surface area (Å²) in [6, 6.07) is 0.